The fourth-order valence-corrected chi connectivity index (χ4v) is 3.82. The largest absolute Gasteiger partial charge is 0.386 e. The van der Waals surface area contributed by atoms with E-state index in [2.05, 4.69) is 49.0 Å². The Bertz CT molecular complexity index is 980. The van der Waals surface area contributed by atoms with E-state index < -0.39 is 5.60 Å². The van der Waals surface area contributed by atoms with Crippen molar-refractivity contribution in [3.8, 4) is 0 Å². The van der Waals surface area contributed by atoms with E-state index in [4.69, 9.17) is 4.74 Å². The van der Waals surface area contributed by atoms with Crippen molar-refractivity contribution in [2.24, 2.45) is 0 Å². The van der Waals surface area contributed by atoms with Gasteiger partial charge in [-0.1, -0.05) is 12.1 Å². The molecule has 1 fully saturated rings. The molecule has 0 amide bonds. The molecule has 1 atom stereocenters. The van der Waals surface area contributed by atoms with Crippen molar-refractivity contribution >= 4 is 22.7 Å². The molecule has 0 radical (unpaired) electrons. The van der Waals surface area contributed by atoms with Crippen LogP contribution in [0, 0.1) is 0 Å². The number of imidazole rings is 1. The first kappa shape index (κ1) is 19.6. The fourth-order valence-electron chi connectivity index (χ4n) is 3.82. The monoisotopic (exact) mass is 396 g/mol. The topological polar surface area (TPSA) is 79.5 Å². The summed E-state index contributed by atoms with van der Waals surface area (Å²) in [6.45, 7) is 2.17. The maximum Gasteiger partial charge on any atom is 0.165 e. The number of nitrogens with zero attached hydrogens (tertiary/aromatic N) is 6. The van der Waals surface area contributed by atoms with Gasteiger partial charge in [-0.15, -0.1) is 0 Å². The molecule has 3 aromatic rings. The first-order valence-electron chi connectivity index (χ1n) is 9.89. The van der Waals surface area contributed by atoms with E-state index >= 15 is 0 Å². The van der Waals surface area contributed by atoms with E-state index in [-0.39, 0.29) is 0 Å². The summed E-state index contributed by atoms with van der Waals surface area (Å²) in [4.78, 5) is 17.6. The highest BCUT2D eigenvalue weighted by atomic mass is 16.5. The van der Waals surface area contributed by atoms with E-state index in [1.807, 2.05) is 25.7 Å². The molecule has 0 saturated carbocycles. The molecular weight excluding hydrogens is 368 g/mol. The summed E-state index contributed by atoms with van der Waals surface area (Å²) in [5.41, 5.74) is 2.94. The van der Waals surface area contributed by atoms with E-state index in [1.54, 1.807) is 12.7 Å². The zero-order valence-corrected chi connectivity index (χ0v) is 17.2. The molecule has 1 saturated heterocycles. The van der Waals surface area contributed by atoms with Gasteiger partial charge in [0.25, 0.3) is 0 Å². The summed E-state index contributed by atoms with van der Waals surface area (Å²) in [6.07, 6.45) is 4.87. The fraction of sp³-hybridized carbons (Fsp3) is 0.476. The number of aliphatic hydroxyl groups is 1. The minimum atomic E-state index is -0.879. The maximum absolute atomic E-state index is 10.8. The Labute approximate surface area is 170 Å². The lowest BCUT2D eigenvalue weighted by atomic mass is 9.97. The van der Waals surface area contributed by atoms with Gasteiger partial charge in [0, 0.05) is 40.0 Å². The maximum atomic E-state index is 10.8. The molecule has 0 spiro atoms. The third-order valence-electron chi connectivity index (χ3n) is 5.36. The van der Waals surface area contributed by atoms with Crippen LogP contribution in [0.4, 0.5) is 11.5 Å². The van der Waals surface area contributed by atoms with Crippen LogP contribution in [0.3, 0.4) is 0 Å². The Morgan fingerprint density at radius 3 is 2.83 bits per heavy atom. The molecule has 1 unspecified atom stereocenters. The second-order valence-corrected chi connectivity index (χ2v) is 8.04. The van der Waals surface area contributed by atoms with Gasteiger partial charge in [-0.3, -0.25) is 0 Å². The highest BCUT2D eigenvalue weighted by molar-refractivity contribution is 5.83. The van der Waals surface area contributed by atoms with Gasteiger partial charge in [-0.25, -0.2) is 15.0 Å². The van der Waals surface area contributed by atoms with E-state index in [0.717, 1.165) is 29.1 Å². The predicted molar refractivity (Wildman–Crippen MR) is 113 cm³/mol. The van der Waals surface area contributed by atoms with Gasteiger partial charge in [0.15, 0.2) is 17.0 Å². The van der Waals surface area contributed by atoms with Crippen LogP contribution >= 0.6 is 0 Å². The molecule has 8 heteroatoms. The molecule has 1 aliphatic heterocycles. The number of fused-ring (bicyclic) bond motifs is 1. The van der Waals surface area contributed by atoms with E-state index in [1.165, 1.54) is 5.56 Å². The van der Waals surface area contributed by atoms with Crippen LogP contribution in [0.2, 0.25) is 0 Å². The Kier molecular flexibility index (Phi) is 5.38. The first-order valence-corrected chi connectivity index (χ1v) is 9.89. The number of hydrogen-bond acceptors (Lipinski definition) is 7. The average Bonchev–Trinajstić information content (AvgIpc) is 3.11. The Balaban J connectivity index is 1.58. The lowest BCUT2D eigenvalue weighted by molar-refractivity contribution is -0.0937. The van der Waals surface area contributed by atoms with Gasteiger partial charge >= 0.3 is 0 Å². The van der Waals surface area contributed by atoms with Crippen LogP contribution < -0.4 is 9.80 Å². The summed E-state index contributed by atoms with van der Waals surface area (Å²) < 4.78 is 7.37. The standard InChI is InChI=1S/C21H28N6O2/c1-25(2)17-7-4-6-16(10-17)11-26(3)19-18-20(23-14-22-19)27(15-24-18)12-21(28)8-5-9-29-13-21/h4,6-7,10,14-15,28H,5,8-9,11-13H2,1-3H3. The number of anilines is 2. The number of ether oxygens (including phenoxy) is 1. The summed E-state index contributed by atoms with van der Waals surface area (Å²) >= 11 is 0. The normalized spacial score (nSPS) is 19.4. The van der Waals surface area contributed by atoms with Crippen LogP contribution in [0.25, 0.3) is 11.2 Å². The molecule has 0 bridgehead atoms. The van der Waals surface area contributed by atoms with Gasteiger partial charge < -0.3 is 24.2 Å². The average molecular weight is 396 g/mol. The summed E-state index contributed by atoms with van der Waals surface area (Å²) in [7, 11) is 6.08. The highest BCUT2D eigenvalue weighted by Crippen LogP contribution is 2.26. The quantitative estimate of drug-likeness (QED) is 0.683. The first-order chi connectivity index (χ1) is 14.0. The third-order valence-corrected chi connectivity index (χ3v) is 5.36. The molecule has 1 aliphatic rings. The van der Waals surface area contributed by atoms with Crippen LogP contribution in [-0.2, 0) is 17.8 Å². The zero-order valence-electron chi connectivity index (χ0n) is 17.2. The van der Waals surface area contributed by atoms with E-state index in [0.29, 0.717) is 32.7 Å². The van der Waals surface area contributed by atoms with Crippen LogP contribution in [0.15, 0.2) is 36.9 Å². The molecule has 29 heavy (non-hydrogen) atoms. The Morgan fingerprint density at radius 1 is 1.21 bits per heavy atom. The molecule has 1 N–H and O–H groups in total. The zero-order chi connectivity index (χ0) is 20.4. The summed E-state index contributed by atoms with van der Waals surface area (Å²) in [6, 6.07) is 8.44. The van der Waals surface area contributed by atoms with Gasteiger partial charge in [-0.2, -0.15) is 0 Å². The lowest BCUT2D eigenvalue weighted by Gasteiger charge is -2.32. The predicted octanol–water partition coefficient (Wildman–Crippen LogP) is 2.07. The molecule has 4 rings (SSSR count). The summed E-state index contributed by atoms with van der Waals surface area (Å²) in [5, 5.41) is 10.8. The molecule has 1 aromatic carbocycles. The van der Waals surface area contributed by atoms with Crippen molar-refractivity contribution in [2.45, 2.75) is 31.5 Å². The molecule has 154 valence electrons. The number of benzene rings is 1. The van der Waals surface area contributed by atoms with Crippen molar-refractivity contribution in [3.05, 3.63) is 42.5 Å². The smallest absolute Gasteiger partial charge is 0.165 e. The minimum absolute atomic E-state index is 0.340. The lowest BCUT2D eigenvalue weighted by Crippen LogP contribution is -2.42. The van der Waals surface area contributed by atoms with E-state index in [9.17, 15) is 5.11 Å². The van der Waals surface area contributed by atoms with Crippen molar-refractivity contribution in [1.29, 1.82) is 0 Å². The van der Waals surface area contributed by atoms with Crippen molar-refractivity contribution in [1.82, 2.24) is 19.5 Å². The number of hydrogen-bond donors (Lipinski definition) is 1. The summed E-state index contributed by atoms with van der Waals surface area (Å²) in [5.74, 6) is 0.774. The Morgan fingerprint density at radius 2 is 2.07 bits per heavy atom. The van der Waals surface area contributed by atoms with Gasteiger partial charge in [-0.05, 0) is 30.5 Å². The molecule has 8 nitrogen and oxygen atoms in total. The molecule has 2 aromatic heterocycles. The number of aromatic nitrogens is 4. The van der Waals surface area contributed by atoms with Crippen molar-refractivity contribution in [3.63, 3.8) is 0 Å². The van der Waals surface area contributed by atoms with Crippen molar-refractivity contribution in [2.75, 3.05) is 44.2 Å². The number of rotatable bonds is 6. The van der Waals surface area contributed by atoms with Crippen molar-refractivity contribution < 1.29 is 9.84 Å². The molecule has 3 heterocycles. The Hall–Kier alpha value is -2.71. The van der Waals surface area contributed by atoms with Crippen LogP contribution in [0.5, 0.6) is 0 Å². The SMILES string of the molecule is CN(C)c1cccc(CN(C)c2ncnc3c2ncn3CC2(O)CCCOC2)c1. The van der Waals surface area contributed by atoms with Crippen LogP contribution in [0.1, 0.15) is 18.4 Å². The third kappa shape index (κ3) is 4.18. The minimum Gasteiger partial charge on any atom is -0.386 e. The second kappa shape index (κ2) is 7.96. The van der Waals surface area contributed by atoms with Gasteiger partial charge in [0.05, 0.1) is 19.5 Å². The second-order valence-electron chi connectivity index (χ2n) is 8.04. The van der Waals surface area contributed by atoms with Gasteiger partial charge in [0.2, 0.25) is 0 Å². The highest BCUT2D eigenvalue weighted by Gasteiger charge is 2.31. The molecular formula is C21H28N6O2. The molecule has 0 aliphatic carbocycles. The van der Waals surface area contributed by atoms with Crippen LogP contribution in [-0.4, -0.2) is 64.6 Å². The van der Waals surface area contributed by atoms with Gasteiger partial charge in [0.1, 0.15) is 11.9 Å².